The largest absolute Gasteiger partial charge is 0.434 e. The quantitative estimate of drug-likeness (QED) is 0.698. The molecule has 0 saturated carbocycles. The van der Waals surface area contributed by atoms with Crippen molar-refractivity contribution in [3.05, 3.63) is 40.6 Å². The number of oxazole rings is 1. The standard InChI is InChI=1S/C13H10BrN3O/c1-7-4-8(2-3-16-7)13-17-11-6-9(14)5-10(15)12(11)18-13/h2-6H,15H2,1H3. The predicted molar refractivity (Wildman–Crippen MR) is 74.1 cm³/mol. The zero-order valence-electron chi connectivity index (χ0n) is 9.64. The van der Waals surface area contributed by atoms with Gasteiger partial charge >= 0.3 is 0 Å². The minimum atomic E-state index is 0.556. The number of rotatable bonds is 1. The Kier molecular flexibility index (Phi) is 2.56. The van der Waals surface area contributed by atoms with Crippen LogP contribution in [-0.4, -0.2) is 9.97 Å². The highest BCUT2D eigenvalue weighted by molar-refractivity contribution is 9.10. The van der Waals surface area contributed by atoms with Crippen LogP contribution in [0.1, 0.15) is 5.69 Å². The van der Waals surface area contributed by atoms with Crippen LogP contribution in [0.4, 0.5) is 5.69 Å². The molecule has 0 fully saturated rings. The molecule has 2 heterocycles. The molecule has 3 rings (SSSR count). The van der Waals surface area contributed by atoms with Gasteiger partial charge in [-0.25, -0.2) is 4.98 Å². The Balaban J connectivity index is 2.22. The molecule has 2 aromatic heterocycles. The summed E-state index contributed by atoms with van der Waals surface area (Å²) in [6.45, 7) is 1.93. The third-order valence-electron chi connectivity index (χ3n) is 2.63. The summed E-state index contributed by atoms with van der Waals surface area (Å²) in [4.78, 5) is 8.59. The molecule has 0 aliphatic carbocycles. The second kappa shape index (κ2) is 4.10. The minimum Gasteiger partial charge on any atom is -0.434 e. The van der Waals surface area contributed by atoms with Gasteiger partial charge in [0.15, 0.2) is 5.58 Å². The summed E-state index contributed by atoms with van der Waals surface area (Å²) < 4.78 is 6.60. The molecule has 0 aliphatic heterocycles. The van der Waals surface area contributed by atoms with E-state index < -0.39 is 0 Å². The molecule has 0 aliphatic rings. The monoisotopic (exact) mass is 303 g/mol. The van der Waals surface area contributed by atoms with Crippen LogP contribution in [0, 0.1) is 6.92 Å². The number of halogens is 1. The second-order valence-electron chi connectivity index (χ2n) is 4.05. The molecule has 4 nitrogen and oxygen atoms in total. The maximum absolute atomic E-state index is 5.90. The lowest BCUT2D eigenvalue weighted by atomic mass is 10.2. The van der Waals surface area contributed by atoms with Crippen molar-refractivity contribution in [2.45, 2.75) is 6.92 Å². The van der Waals surface area contributed by atoms with Gasteiger partial charge in [0, 0.05) is 21.9 Å². The first-order chi connectivity index (χ1) is 8.63. The molecule has 0 bridgehead atoms. The summed E-state index contributed by atoms with van der Waals surface area (Å²) in [5, 5.41) is 0. The van der Waals surface area contributed by atoms with Crippen molar-refractivity contribution in [1.29, 1.82) is 0 Å². The number of nitrogens with two attached hydrogens (primary N) is 1. The third-order valence-corrected chi connectivity index (χ3v) is 3.09. The summed E-state index contributed by atoms with van der Waals surface area (Å²) in [6.07, 6.45) is 1.73. The van der Waals surface area contributed by atoms with Crippen molar-refractivity contribution in [3.8, 4) is 11.5 Å². The maximum Gasteiger partial charge on any atom is 0.227 e. The molecule has 0 spiro atoms. The molecule has 0 atom stereocenters. The van der Waals surface area contributed by atoms with E-state index in [0.29, 0.717) is 17.2 Å². The zero-order valence-corrected chi connectivity index (χ0v) is 11.2. The second-order valence-corrected chi connectivity index (χ2v) is 4.96. The van der Waals surface area contributed by atoms with Crippen molar-refractivity contribution < 1.29 is 4.42 Å². The van der Waals surface area contributed by atoms with Gasteiger partial charge in [0.25, 0.3) is 0 Å². The number of anilines is 1. The summed E-state index contributed by atoms with van der Waals surface area (Å²) in [7, 11) is 0. The molecule has 1 aromatic carbocycles. The van der Waals surface area contributed by atoms with Crippen LogP contribution in [0.25, 0.3) is 22.6 Å². The van der Waals surface area contributed by atoms with E-state index in [2.05, 4.69) is 25.9 Å². The van der Waals surface area contributed by atoms with Crippen molar-refractivity contribution in [2.75, 3.05) is 5.73 Å². The van der Waals surface area contributed by atoms with Crippen LogP contribution in [0.15, 0.2) is 39.4 Å². The molecule has 3 aromatic rings. The Morgan fingerprint density at radius 2 is 2.11 bits per heavy atom. The average Bonchev–Trinajstić information content (AvgIpc) is 2.73. The Labute approximate surface area is 112 Å². The van der Waals surface area contributed by atoms with Gasteiger partial charge in [-0.15, -0.1) is 0 Å². The number of fused-ring (bicyclic) bond motifs is 1. The highest BCUT2D eigenvalue weighted by Crippen LogP contribution is 2.30. The van der Waals surface area contributed by atoms with Crippen LogP contribution in [-0.2, 0) is 0 Å². The van der Waals surface area contributed by atoms with Crippen LogP contribution >= 0.6 is 15.9 Å². The van der Waals surface area contributed by atoms with E-state index in [9.17, 15) is 0 Å². The Morgan fingerprint density at radius 1 is 1.28 bits per heavy atom. The third kappa shape index (κ3) is 1.86. The fraction of sp³-hybridized carbons (Fsp3) is 0.0769. The van der Waals surface area contributed by atoms with E-state index in [1.165, 1.54) is 0 Å². The summed E-state index contributed by atoms with van der Waals surface area (Å²) in [5.41, 5.74) is 9.65. The van der Waals surface area contributed by atoms with Crippen molar-refractivity contribution in [1.82, 2.24) is 9.97 Å². The van der Waals surface area contributed by atoms with E-state index in [1.807, 2.05) is 25.1 Å². The van der Waals surface area contributed by atoms with E-state index in [1.54, 1.807) is 12.3 Å². The lowest BCUT2D eigenvalue weighted by Gasteiger charge is -1.96. The summed E-state index contributed by atoms with van der Waals surface area (Å²) in [6, 6.07) is 7.47. The van der Waals surface area contributed by atoms with Crippen molar-refractivity contribution in [2.24, 2.45) is 0 Å². The van der Waals surface area contributed by atoms with E-state index in [-0.39, 0.29) is 0 Å². The first-order valence-corrected chi connectivity index (χ1v) is 6.21. The zero-order chi connectivity index (χ0) is 12.7. The number of aromatic nitrogens is 2. The average molecular weight is 304 g/mol. The van der Waals surface area contributed by atoms with Crippen LogP contribution in [0.5, 0.6) is 0 Å². The van der Waals surface area contributed by atoms with Gasteiger partial charge < -0.3 is 10.2 Å². The summed E-state index contributed by atoms with van der Waals surface area (Å²) >= 11 is 3.39. The van der Waals surface area contributed by atoms with Gasteiger partial charge in [0.1, 0.15) is 5.52 Å². The topological polar surface area (TPSA) is 64.9 Å². The van der Waals surface area contributed by atoms with E-state index in [4.69, 9.17) is 10.2 Å². The Hall–Kier alpha value is -1.88. The molecule has 0 saturated heterocycles. The molecule has 90 valence electrons. The van der Waals surface area contributed by atoms with Gasteiger partial charge in [-0.3, -0.25) is 4.98 Å². The number of aryl methyl sites for hydroxylation is 1. The molecule has 0 amide bonds. The Bertz CT molecular complexity index is 736. The van der Waals surface area contributed by atoms with Crippen LogP contribution in [0.3, 0.4) is 0 Å². The van der Waals surface area contributed by atoms with Gasteiger partial charge in [-0.1, -0.05) is 15.9 Å². The van der Waals surface area contributed by atoms with Crippen molar-refractivity contribution >= 4 is 32.7 Å². The number of pyridine rings is 1. The number of hydrogen-bond acceptors (Lipinski definition) is 4. The highest BCUT2D eigenvalue weighted by Gasteiger charge is 2.11. The molecule has 0 radical (unpaired) electrons. The molecular weight excluding hydrogens is 294 g/mol. The van der Waals surface area contributed by atoms with Crippen LogP contribution in [0.2, 0.25) is 0 Å². The number of nitrogens with zero attached hydrogens (tertiary/aromatic N) is 2. The summed E-state index contributed by atoms with van der Waals surface area (Å²) in [5.74, 6) is 0.556. The maximum atomic E-state index is 5.90. The normalized spacial score (nSPS) is 11.0. The van der Waals surface area contributed by atoms with Gasteiger partial charge in [-0.05, 0) is 31.2 Å². The Morgan fingerprint density at radius 3 is 2.89 bits per heavy atom. The van der Waals surface area contributed by atoms with E-state index >= 15 is 0 Å². The fourth-order valence-corrected chi connectivity index (χ4v) is 2.29. The number of benzene rings is 1. The molecular formula is C13H10BrN3O. The van der Waals surface area contributed by atoms with Gasteiger partial charge in [0.05, 0.1) is 5.69 Å². The van der Waals surface area contributed by atoms with Gasteiger partial charge in [0.2, 0.25) is 5.89 Å². The SMILES string of the molecule is Cc1cc(-c2nc3cc(Br)cc(N)c3o2)ccn1. The van der Waals surface area contributed by atoms with Crippen molar-refractivity contribution in [3.63, 3.8) is 0 Å². The molecule has 18 heavy (non-hydrogen) atoms. The molecule has 2 N–H and O–H groups in total. The lowest BCUT2D eigenvalue weighted by molar-refractivity contribution is 0.621. The first-order valence-electron chi connectivity index (χ1n) is 5.42. The predicted octanol–water partition coefficient (Wildman–Crippen LogP) is 3.54. The number of nitrogen functional groups attached to an aromatic ring is 1. The van der Waals surface area contributed by atoms with Gasteiger partial charge in [-0.2, -0.15) is 0 Å². The number of hydrogen-bond donors (Lipinski definition) is 1. The fourth-order valence-electron chi connectivity index (χ4n) is 1.83. The highest BCUT2D eigenvalue weighted by atomic mass is 79.9. The lowest BCUT2D eigenvalue weighted by Crippen LogP contribution is -1.84. The van der Waals surface area contributed by atoms with Crippen LogP contribution < -0.4 is 5.73 Å². The molecule has 5 heteroatoms. The molecule has 0 unspecified atom stereocenters. The van der Waals surface area contributed by atoms with E-state index in [0.717, 1.165) is 21.2 Å². The smallest absolute Gasteiger partial charge is 0.227 e. The minimum absolute atomic E-state index is 0.556. The first kappa shape index (κ1) is 11.2.